The summed E-state index contributed by atoms with van der Waals surface area (Å²) in [6.45, 7) is 7.37. The van der Waals surface area contributed by atoms with Gasteiger partial charge in [0.1, 0.15) is 24.1 Å². The van der Waals surface area contributed by atoms with Crippen molar-refractivity contribution in [2.24, 2.45) is 0 Å². The fourth-order valence-corrected chi connectivity index (χ4v) is 6.45. The maximum atomic E-state index is 14.3. The van der Waals surface area contributed by atoms with Crippen molar-refractivity contribution in [3.05, 3.63) is 78.4 Å². The molecule has 44 heavy (non-hydrogen) atoms. The molecule has 0 fully saturated rings. The highest BCUT2D eigenvalue weighted by Crippen LogP contribution is 2.33. The molecule has 0 spiro atoms. The van der Waals surface area contributed by atoms with Crippen LogP contribution in [0.4, 0.5) is 5.69 Å². The van der Waals surface area contributed by atoms with Crippen molar-refractivity contribution in [3.63, 3.8) is 0 Å². The van der Waals surface area contributed by atoms with E-state index in [4.69, 9.17) is 9.47 Å². The average molecular weight is 642 g/mol. The van der Waals surface area contributed by atoms with Gasteiger partial charge in [-0.1, -0.05) is 38.1 Å². The van der Waals surface area contributed by atoms with Gasteiger partial charge in [0.05, 0.1) is 24.3 Å². The predicted octanol–water partition coefficient (Wildman–Crippen LogP) is 5.73. The molecule has 3 aromatic rings. The number of nitrogens with one attached hydrogen (secondary N) is 1. The molecule has 0 saturated carbocycles. The van der Waals surface area contributed by atoms with Gasteiger partial charge in [-0.15, -0.1) is 11.8 Å². The molecule has 2 atom stereocenters. The van der Waals surface area contributed by atoms with Crippen LogP contribution in [0, 0.1) is 0 Å². The zero-order chi connectivity index (χ0) is 32.3. The molecule has 11 heteroatoms. The lowest BCUT2D eigenvalue weighted by molar-refractivity contribution is -0.140. The summed E-state index contributed by atoms with van der Waals surface area (Å²) in [5.74, 6) is 0.170. The first-order chi connectivity index (χ1) is 21.1. The van der Waals surface area contributed by atoms with Crippen LogP contribution in [0.15, 0.2) is 82.6 Å². The molecular formula is C33H43N3O6S2. The molecule has 238 valence electrons. The van der Waals surface area contributed by atoms with Crippen LogP contribution in [0.5, 0.6) is 11.5 Å². The second-order valence-corrected chi connectivity index (χ2v) is 12.9. The number of methoxy groups -OCH3 is 1. The van der Waals surface area contributed by atoms with Crippen molar-refractivity contribution in [3.8, 4) is 11.5 Å². The summed E-state index contributed by atoms with van der Waals surface area (Å²) in [5, 5.41) is 2.99. The van der Waals surface area contributed by atoms with Crippen LogP contribution in [0.2, 0.25) is 0 Å². The Morgan fingerprint density at radius 2 is 1.59 bits per heavy atom. The number of nitrogens with zero attached hydrogens (tertiary/aromatic N) is 2. The number of hydrogen-bond acceptors (Lipinski definition) is 7. The molecule has 3 rings (SSSR count). The van der Waals surface area contributed by atoms with Crippen LogP contribution in [0.3, 0.4) is 0 Å². The van der Waals surface area contributed by atoms with Crippen molar-refractivity contribution in [1.29, 1.82) is 0 Å². The second-order valence-electron chi connectivity index (χ2n) is 10.2. The first kappa shape index (κ1) is 34.8. The highest BCUT2D eigenvalue weighted by Gasteiger charge is 2.35. The number of amides is 2. The summed E-state index contributed by atoms with van der Waals surface area (Å²) in [7, 11) is -2.66. The summed E-state index contributed by atoms with van der Waals surface area (Å²) < 4.78 is 40.6. The van der Waals surface area contributed by atoms with Crippen molar-refractivity contribution < 1.29 is 27.5 Å². The van der Waals surface area contributed by atoms with E-state index in [-0.39, 0.29) is 29.1 Å². The van der Waals surface area contributed by atoms with Gasteiger partial charge in [-0.25, -0.2) is 8.42 Å². The largest absolute Gasteiger partial charge is 0.497 e. The Labute approximate surface area is 266 Å². The predicted molar refractivity (Wildman–Crippen MR) is 176 cm³/mol. The van der Waals surface area contributed by atoms with E-state index in [9.17, 15) is 18.0 Å². The Morgan fingerprint density at radius 3 is 2.16 bits per heavy atom. The number of ether oxygens (including phenoxy) is 2. The molecule has 0 aliphatic rings. The van der Waals surface area contributed by atoms with Gasteiger partial charge in [0, 0.05) is 17.5 Å². The first-order valence-corrected chi connectivity index (χ1v) is 17.4. The van der Waals surface area contributed by atoms with Gasteiger partial charge < -0.3 is 19.7 Å². The van der Waals surface area contributed by atoms with Crippen LogP contribution in [0.1, 0.15) is 46.1 Å². The first-order valence-electron chi connectivity index (χ1n) is 14.7. The second kappa shape index (κ2) is 16.4. The van der Waals surface area contributed by atoms with Gasteiger partial charge in [-0.05, 0) is 87.0 Å². The number of thioether (sulfide) groups is 1. The van der Waals surface area contributed by atoms with Crippen molar-refractivity contribution in [2.75, 3.05) is 30.8 Å². The van der Waals surface area contributed by atoms with E-state index < -0.39 is 28.5 Å². The van der Waals surface area contributed by atoms with Crippen LogP contribution in [0.25, 0.3) is 0 Å². The number of benzene rings is 3. The Hall–Kier alpha value is -3.70. The highest BCUT2D eigenvalue weighted by atomic mass is 32.2. The molecule has 0 saturated heterocycles. The standard InChI is InChI=1S/C33H43N3O6S2/c1-7-24(4)34-33(38)29(8-2)35(22-25-14-16-26(41-5)17-15-25)32(37)23-36(30-12-10-11-13-31(30)42-9-3)44(39,40)28-20-18-27(43-6)19-21-28/h10-21,24,29H,7-9,22-23H2,1-6H3,(H,34,38)/t24-,29-/m0/s1. The highest BCUT2D eigenvalue weighted by molar-refractivity contribution is 7.98. The fraction of sp³-hybridized carbons (Fsp3) is 0.394. The van der Waals surface area contributed by atoms with Crippen molar-refractivity contribution in [2.45, 2.75) is 69.0 Å². The van der Waals surface area contributed by atoms with E-state index in [0.717, 1.165) is 21.2 Å². The Kier molecular flexibility index (Phi) is 13.0. The molecule has 3 aromatic carbocycles. The summed E-state index contributed by atoms with van der Waals surface area (Å²) in [6, 6.07) is 19.6. The molecule has 0 heterocycles. The fourth-order valence-electron chi connectivity index (χ4n) is 4.62. The normalized spacial score (nSPS) is 12.6. The smallest absolute Gasteiger partial charge is 0.264 e. The molecule has 0 aliphatic heterocycles. The van der Waals surface area contributed by atoms with E-state index in [1.165, 1.54) is 28.8 Å². The number of carbonyl (C=O) groups is 2. The van der Waals surface area contributed by atoms with Crippen molar-refractivity contribution >= 4 is 39.3 Å². The SMILES string of the molecule is CCOc1ccccc1N(CC(=O)N(Cc1ccc(OC)cc1)[C@@H](CC)C(=O)N[C@@H](C)CC)S(=O)(=O)c1ccc(SC)cc1. The zero-order valence-corrected chi connectivity index (χ0v) is 27.9. The Balaban J connectivity index is 2.11. The number of carbonyl (C=O) groups excluding carboxylic acids is 2. The lowest BCUT2D eigenvalue weighted by atomic mass is 10.1. The number of sulfonamides is 1. The lowest BCUT2D eigenvalue weighted by Crippen LogP contribution is -2.53. The minimum Gasteiger partial charge on any atom is -0.497 e. The molecule has 1 N–H and O–H groups in total. The van der Waals surface area contributed by atoms with Gasteiger partial charge in [0.15, 0.2) is 0 Å². The van der Waals surface area contributed by atoms with E-state index in [0.29, 0.717) is 24.5 Å². The molecule has 2 amide bonds. The quantitative estimate of drug-likeness (QED) is 0.199. The molecule has 0 aliphatic carbocycles. The molecule has 0 bridgehead atoms. The number of rotatable bonds is 16. The van der Waals surface area contributed by atoms with Crippen LogP contribution in [-0.2, 0) is 26.2 Å². The van der Waals surface area contributed by atoms with Crippen LogP contribution >= 0.6 is 11.8 Å². The van der Waals surface area contributed by atoms with Gasteiger partial charge >= 0.3 is 0 Å². The molecule has 0 radical (unpaired) electrons. The number of hydrogen-bond donors (Lipinski definition) is 1. The number of anilines is 1. The summed E-state index contributed by atoms with van der Waals surface area (Å²) in [6.07, 6.45) is 2.97. The lowest BCUT2D eigenvalue weighted by Gasteiger charge is -2.34. The van der Waals surface area contributed by atoms with Crippen LogP contribution < -0.4 is 19.1 Å². The van der Waals surface area contributed by atoms with Crippen LogP contribution in [-0.4, -0.2) is 63.7 Å². The summed E-state index contributed by atoms with van der Waals surface area (Å²) in [5.41, 5.74) is 1.00. The van der Waals surface area contributed by atoms with E-state index in [1.807, 2.05) is 39.2 Å². The summed E-state index contributed by atoms with van der Waals surface area (Å²) in [4.78, 5) is 30.2. The third-order valence-corrected chi connectivity index (χ3v) is 9.78. The molecule has 0 aromatic heterocycles. The van der Waals surface area contributed by atoms with E-state index >= 15 is 0 Å². The molecule has 0 unspecified atom stereocenters. The third-order valence-electron chi connectivity index (χ3n) is 7.26. The minimum atomic E-state index is -4.23. The zero-order valence-electron chi connectivity index (χ0n) is 26.3. The van der Waals surface area contributed by atoms with Gasteiger partial charge in [-0.3, -0.25) is 13.9 Å². The van der Waals surface area contributed by atoms with Gasteiger partial charge in [-0.2, -0.15) is 0 Å². The monoisotopic (exact) mass is 641 g/mol. The summed E-state index contributed by atoms with van der Waals surface area (Å²) >= 11 is 1.50. The Bertz CT molecular complexity index is 1480. The Morgan fingerprint density at radius 1 is 0.932 bits per heavy atom. The third kappa shape index (κ3) is 8.69. The number of para-hydroxylation sites is 2. The maximum Gasteiger partial charge on any atom is 0.264 e. The molecular weight excluding hydrogens is 599 g/mol. The van der Waals surface area contributed by atoms with E-state index in [1.54, 1.807) is 62.6 Å². The topological polar surface area (TPSA) is 105 Å². The van der Waals surface area contributed by atoms with Gasteiger partial charge in [0.25, 0.3) is 10.0 Å². The van der Waals surface area contributed by atoms with Gasteiger partial charge in [0.2, 0.25) is 11.8 Å². The molecule has 9 nitrogen and oxygen atoms in total. The minimum absolute atomic E-state index is 0.0395. The maximum absolute atomic E-state index is 14.3. The van der Waals surface area contributed by atoms with Crippen molar-refractivity contribution in [1.82, 2.24) is 10.2 Å². The average Bonchev–Trinajstić information content (AvgIpc) is 3.04. The van der Waals surface area contributed by atoms with E-state index in [2.05, 4.69) is 5.32 Å².